The highest BCUT2D eigenvalue weighted by atomic mass is 35.5. The molecule has 0 spiro atoms. The molecule has 2 heterocycles. The summed E-state index contributed by atoms with van der Waals surface area (Å²) in [6.45, 7) is 0. The maximum Gasteiger partial charge on any atom is 0.234 e. The molecular weight excluding hydrogens is 290 g/mol. The third kappa shape index (κ3) is 2.69. The second-order valence-corrected chi connectivity index (χ2v) is 5.64. The van der Waals surface area contributed by atoms with Gasteiger partial charge in [-0.15, -0.1) is 0 Å². The molecule has 0 aliphatic carbocycles. The van der Waals surface area contributed by atoms with Crippen LogP contribution in [0.1, 0.15) is 29.4 Å². The van der Waals surface area contributed by atoms with Crippen LogP contribution >= 0.6 is 11.6 Å². The molecule has 21 heavy (non-hydrogen) atoms. The van der Waals surface area contributed by atoms with Crippen molar-refractivity contribution >= 4 is 23.4 Å². The van der Waals surface area contributed by atoms with Crippen LogP contribution in [0, 0.1) is 0 Å². The predicted molar refractivity (Wildman–Crippen MR) is 77.9 cm³/mol. The first-order valence-electron chi connectivity index (χ1n) is 6.62. The van der Waals surface area contributed by atoms with Crippen LogP contribution in [0.4, 0.5) is 0 Å². The van der Waals surface area contributed by atoms with Gasteiger partial charge in [0.05, 0.1) is 12.1 Å². The number of aromatic nitrogens is 2. The Morgan fingerprint density at radius 2 is 1.95 bits per heavy atom. The largest absolute Gasteiger partial charge is 0.296 e. The highest BCUT2D eigenvalue weighted by Crippen LogP contribution is 2.38. The van der Waals surface area contributed by atoms with Gasteiger partial charge in [-0.1, -0.05) is 23.7 Å². The second-order valence-electron chi connectivity index (χ2n) is 5.20. The summed E-state index contributed by atoms with van der Waals surface area (Å²) >= 11 is 5.90. The number of carbonyl (C=O) groups excluding carboxylic acids is 2. The molecule has 3 rings (SSSR count). The average molecular weight is 304 g/mol. The van der Waals surface area contributed by atoms with Gasteiger partial charge in [0, 0.05) is 30.6 Å². The van der Waals surface area contributed by atoms with Gasteiger partial charge in [0.15, 0.2) is 0 Å². The van der Waals surface area contributed by atoms with Crippen LogP contribution in [0.5, 0.6) is 0 Å². The third-order valence-corrected chi connectivity index (χ3v) is 3.99. The number of rotatable bonds is 2. The number of halogens is 1. The summed E-state index contributed by atoms with van der Waals surface area (Å²) in [4.78, 5) is 24.0. The molecule has 1 N–H and O–H groups in total. The molecule has 2 atom stereocenters. The molecule has 1 fully saturated rings. The van der Waals surface area contributed by atoms with E-state index in [-0.39, 0.29) is 24.2 Å². The monoisotopic (exact) mass is 303 g/mol. The molecule has 6 heteroatoms. The molecule has 1 aliphatic rings. The number of benzene rings is 1. The highest BCUT2D eigenvalue weighted by molar-refractivity contribution is 6.30. The van der Waals surface area contributed by atoms with Crippen LogP contribution in [-0.4, -0.2) is 21.6 Å². The summed E-state index contributed by atoms with van der Waals surface area (Å²) in [5.74, 6) is -1.15. The Hall–Kier alpha value is -2.14. The van der Waals surface area contributed by atoms with Gasteiger partial charge in [0.2, 0.25) is 11.8 Å². The van der Waals surface area contributed by atoms with Crippen molar-refractivity contribution in [2.75, 3.05) is 0 Å². The number of hydrogen-bond donors (Lipinski definition) is 1. The summed E-state index contributed by atoms with van der Waals surface area (Å²) < 4.78 is 1.67. The molecule has 1 saturated heterocycles. The van der Waals surface area contributed by atoms with E-state index in [1.807, 2.05) is 25.4 Å². The Kier molecular flexibility index (Phi) is 3.51. The molecule has 2 unspecified atom stereocenters. The lowest BCUT2D eigenvalue weighted by Gasteiger charge is -2.29. The van der Waals surface area contributed by atoms with E-state index >= 15 is 0 Å². The number of carbonyl (C=O) groups is 2. The van der Waals surface area contributed by atoms with Crippen molar-refractivity contribution < 1.29 is 9.59 Å². The third-order valence-electron chi connectivity index (χ3n) is 3.73. The summed E-state index contributed by atoms with van der Waals surface area (Å²) in [6.07, 6.45) is 3.82. The number of nitrogens with zero attached hydrogens (tertiary/aromatic N) is 2. The lowest BCUT2D eigenvalue weighted by molar-refractivity contribution is -0.135. The summed E-state index contributed by atoms with van der Waals surface area (Å²) in [5.41, 5.74) is 1.74. The lowest BCUT2D eigenvalue weighted by Crippen LogP contribution is -2.43. The fourth-order valence-electron chi connectivity index (χ4n) is 2.76. The van der Waals surface area contributed by atoms with Crippen LogP contribution in [0.2, 0.25) is 5.02 Å². The number of amides is 2. The zero-order chi connectivity index (χ0) is 15.0. The van der Waals surface area contributed by atoms with Gasteiger partial charge >= 0.3 is 0 Å². The van der Waals surface area contributed by atoms with E-state index in [1.54, 1.807) is 23.0 Å². The number of imide groups is 1. The van der Waals surface area contributed by atoms with E-state index < -0.39 is 5.92 Å². The quantitative estimate of drug-likeness (QED) is 0.863. The maximum absolute atomic E-state index is 12.3. The van der Waals surface area contributed by atoms with Crippen molar-refractivity contribution in [2.24, 2.45) is 7.05 Å². The summed E-state index contributed by atoms with van der Waals surface area (Å²) in [5, 5.41) is 7.16. The molecule has 5 nitrogen and oxygen atoms in total. The van der Waals surface area contributed by atoms with E-state index in [1.165, 1.54) is 0 Å². The van der Waals surface area contributed by atoms with Crippen LogP contribution in [0.15, 0.2) is 36.7 Å². The molecule has 1 aromatic heterocycles. The first-order chi connectivity index (χ1) is 10.0. The second kappa shape index (κ2) is 5.33. The Morgan fingerprint density at radius 1 is 1.24 bits per heavy atom. The molecule has 2 aromatic rings. The van der Waals surface area contributed by atoms with Crippen molar-refractivity contribution in [2.45, 2.75) is 18.3 Å². The van der Waals surface area contributed by atoms with Crippen LogP contribution in [0.25, 0.3) is 0 Å². The number of nitrogens with one attached hydrogen (secondary N) is 1. The van der Waals surface area contributed by atoms with Gasteiger partial charge in [0.1, 0.15) is 0 Å². The topological polar surface area (TPSA) is 64.0 Å². The van der Waals surface area contributed by atoms with Gasteiger partial charge in [0.25, 0.3) is 0 Å². The van der Waals surface area contributed by atoms with Crippen LogP contribution < -0.4 is 5.32 Å². The number of hydrogen-bond acceptors (Lipinski definition) is 3. The summed E-state index contributed by atoms with van der Waals surface area (Å²) in [6, 6.07) is 7.15. The molecule has 0 saturated carbocycles. The van der Waals surface area contributed by atoms with Crippen molar-refractivity contribution in [3.63, 3.8) is 0 Å². The summed E-state index contributed by atoms with van der Waals surface area (Å²) in [7, 11) is 1.81. The Bertz CT molecular complexity index is 693. The SMILES string of the molecule is Cn1cc(C2CC(=O)NC(=O)C2c2ccc(Cl)cc2)cn1. The van der Waals surface area contributed by atoms with Crippen LogP contribution in [0.3, 0.4) is 0 Å². The van der Waals surface area contributed by atoms with E-state index in [0.29, 0.717) is 5.02 Å². The first kappa shape index (κ1) is 13.8. The van der Waals surface area contributed by atoms with E-state index in [4.69, 9.17) is 11.6 Å². The normalized spacial score (nSPS) is 22.2. The molecule has 0 bridgehead atoms. The maximum atomic E-state index is 12.3. The lowest BCUT2D eigenvalue weighted by atomic mass is 9.77. The van der Waals surface area contributed by atoms with Crippen molar-refractivity contribution in [3.8, 4) is 0 Å². The van der Waals surface area contributed by atoms with Crippen molar-refractivity contribution in [3.05, 3.63) is 52.8 Å². The predicted octanol–water partition coefficient (Wildman–Crippen LogP) is 1.99. The standard InChI is InChI=1S/C15H14ClN3O2/c1-19-8-10(7-17-19)12-6-13(20)18-15(21)14(12)9-2-4-11(16)5-3-9/h2-5,7-8,12,14H,6H2,1H3,(H,18,20,21). The Morgan fingerprint density at radius 3 is 2.57 bits per heavy atom. The van der Waals surface area contributed by atoms with E-state index in [2.05, 4.69) is 10.4 Å². The fraction of sp³-hybridized carbons (Fsp3) is 0.267. The molecular formula is C15H14ClN3O2. The number of aryl methyl sites for hydroxylation is 1. The van der Waals surface area contributed by atoms with Crippen molar-refractivity contribution in [1.82, 2.24) is 15.1 Å². The highest BCUT2D eigenvalue weighted by Gasteiger charge is 2.38. The molecule has 1 aromatic carbocycles. The molecule has 1 aliphatic heterocycles. The minimum absolute atomic E-state index is 0.207. The smallest absolute Gasteiger partial charge is 0.234 e. The van der Waals surface area contributed by atoms with E-state index in [9.17, 15) is 9.59 Å². The fourth-order valence-corrected chi connectivity index (χ4v) is 2.89. The molecule has 0 radical (unpaired) electrons. The van der Waals surface area contributed by atoms with Crippen LogP contribution in [-0.2, 0) is 16.6 Å². The minimum Gasteiger partial charge on any atom is -0.296 e. The minimum atomic E-state index is -0.413. The van der Waals surface area contributed by atoms with Gasteiger partial charge < -0.3 is 0 Å². The Labute approximate surface area is 126 Å². The molecule has 2 amide bonds. The van der Waals surface area contributed by atoms with Crippen molar-refractivity contribution in [1.29, 1.82) is 0 Å². The first-order valence-corrected chi connectivity index (χ1v) is 7.00. The molecule has 108 valence electrons. The van der Waals surface area contributed by atoms with E-state index in [0.717, 1.165) is 11.1 Å². The van der Waals surface area contributed by atoms with Gasteiger partial charge in [-0.3, -0.25) is 19.6 Å². The van der Waals surface area contributed by atoms with Gasteiger partial charge in [-0.2, -0.15) is 5.10 Å². The zero-order valence-electron chi connectivity index (χ0n) is 11.4. The average Bonchev–Trinajstić information content (AvgIpc) is 2.86. The van der Waals surface area contributed by atoms with Gasteiger partial charge in [-0.25, -0.2) is 0 Å². The zero-order valence-corrected chi connectivity index (χ0v) is 12.2. The number of piperidine rings is 1. The van der Waals surface area contributed by atoms with Gasteiger partial charge in [-0.05, 0) is 23.3 Å². The Balaban J connectivity index is 2.02.